The maximum absolute atomic E-state index is 12.7. The van der Waals surface area contributed by atoms with Crippen molar-refractivity contribution >= 4 is 41.6 Å². The predicted molar refractivity (Wildman–Crippen MR) is 148 cm³/mol. The van der Waals surface area contributed by atoms with Crippen LogP contribution in [-0.2, 0) is 17.6 Å². The lowest BCUT2D eigenvalue weighted by atomic mass is 9.88. The minimum absolute atomic E-state index is 0. The molecule has 3 N–H and O–H groups in total. The number of hydrogen-bond donors (Lipinski definition) is 3. The highest BCUT2D eigenvalue weighted by Crippen LogP contribution is 2.33. The smallest absolute Gasteiger partial charge is 0.337 e. The summed E-state index contributed by atoms with van der Waals surface area (Å²) >= 11 is 6.05. The summed E-state index contributed by atoms with van der Waals surface area (Å²) in [6.45, 7) is 0.429. The fourth-order valence-electron chi connectivity index (χ4n) is 5.17. The lowest BCUT2D eigenvalue weighted by molar-refractivity contribution is -0.117. The number of nitrogens with zero attached hydrogens (tertiary/aromatic N) is 1. The van der Waals surface area contributed by atoms with Crippen molar-refractivity contribution in [2.24, 2.45) is 0 Å². The monoisotopic (exact) mass is 556 g/mol. The number of carbonyl (C=O) groups is 2. The summed E-state index contributed by atoms with van der Waals surface area (Å²) in [5, 5.41) is 24.2. The Labute approximate surface area is 232 Å². The number of aliphatic hydroxyl groups excluding tert-OH is 1. The quantitative estimate of drug-likeness (QED) is 0.354. The third-order valence-corrected chi connectivity index (χ3v) is 7.30. The molecule has 1 aliphatic heterocycles. The zero-order valence-corrected chi connectivity index (χ0v) is 22.3. The van der Waals surface area contributed by atoms with Gasteiger partial charge in [0.2, 0.25) is 5.91 Å². The summed E-state index contributed by atoms with van der Waals surface area (Å²) in [4.78, 5) is 25.9. The first-order valence-corrected chi connectivity index (χ1v) is 12.9. The number of anilines is 1. The Morgan fingerprint density at radius 1 is 1.05 bits per heavy atom. The molecule has 0 saturated carbocycles. The number of carbonyl (C=O) groups excluding carboxylic acids is 1. The molecule has 200 valence electrons. The third-order valence-electron chi connectivity index (χ3n) is 7.07. The molecular formula is C29H30Cl2N2O5. The first-order valence-electron chi connectivity index (χ1n) is 12.5. The molecule has 3 atom stereocenters. The summed E-state index contributed by atoms with van der Waals surface area (Å²) < 4.78 is 6.26. The van der Waals surface area contributed by atoms with Gasteiger partial charge in [-0.25, -0.2) is 4.79 Å². The molecule has 1 heterocycles. The van der Waals surface area contributed by atoms with Gasteiger partial charge in [0.1, 0.15) is 5.75 Å². The molecule has 1 fully saturated rings. The fourth-order valence-corrected chi connectivity index (χ4v) is 5.37. The molecule has 5 rings (SSSR count). The second-order valence-corrected chi connectivity index (χ2v) is 9.98. The van der Waals surface area contributed by atoms with Crippen LogP contribution in [0.3, 0.4) is 0 Å². The molecule has 7 nitrogen and oxygen atoms in total. The third kappa shape index (κ3) is 6.13. The van der Waals surface area contributed by atoms with Crippen LogP contribution in [0.25, 0.3) is 0 Å². The van der Waals surface area contributed by atoms with E-state index in [1.165, 1.54) is 22.1 Å². The van der Waals surface area contributed by atoms with E-state index in [4.69, 9.17) is 16.3 Å². The summed E-state index contributed by atoms with van der Waals surface area (Å²) in [5.41, 5.74) is 3.64. The highest BCUT2D eigenvalue weighted by molar-refractivity contribution is 6.30. The van der Waals surface area contributed by atoms with Gasteiger partial charge in [0.25, 0.3) is 0 Å². The van der Waals surface area contributed by atoms with E-state index in [9.17, 15) is 19.8 Å². The average Bonchev–Trinajstić information content (AvgIpc) is 3.26. The number of aromatic carboxylic acids is 1. The number of para-hydroxylation sites is 1. The summed E-state index contributed by atoms with van der Waals surface area (Å²) in [5.74, 6) is -0.586. The molecule has 3 aromatic carbocycles. The van der Waals surface area contributed by atoms with Crippen molar-refractivity contribution in [3.05, 3.63) is 94.0 Å². The summed E-state index contributed by atoms with van der Waals surface area (Å²) in [7, 11) is 0. The average molecular weight is 557 g/mol. The van der Waals surface area contributed by atoms with Gasteiger partial charge in [-0.2, -0.15) is 0 Å². The Morgan fingerprint density at radius 3 is 2.66 bits per heavy atom. The second-order valence-electron chi connectivity index (χ2n) is 9.55. The van der Waals surface area contributed by atoms with E-state index >= 15 is 0 Å². The summed E-state index contributed by atoms with van der Waals surface area (Å²) in [6.07, 6.45) is 2.24. The first kappa shape index (κ1) is 27.9. The molecule has 3 aromatic rings. The molecule has 38 heavy (non-hydrogen) atoms. The number of amides is 1. The fraction of sp³-hybridized carbons (Fsp3) is 0.310. The topological polar surface area (TPSA) is 99.1 Å². The minimum atomic E-state index is -1.08. The molecule has 0 bridgehead atoms. The van der Waals surface area contributed by atoms with E-state index in [1.54, 1.807) is 30.3 Å². The van der Waals surface area contributed by atoms with E-state index in [2.05, 4.69) is 11.4 Å². The first-order chi connectivity index (χ1) is 17.9. The van der Waals surface area contributed by atoms with Crippen molar-refractivity contribution in [2.75, 3.05) is 11.4 Å². The lowest BCUT2D eigenvalue weighted by Gasteiger charge is -2.29. The van der Waals surface area contributed by atoms with E-state index in [0.29, 0.717) is 35.8 Å². The molecule has 0 aromatic heterocycles. The molecule has 9 heteroatoms. The molecule has 1 aliphatic carbocycles. The second kappa shape index (κ2) is 12.2. The van der Waals surface area contributed by atoms with Gasteiger partial charge < -0.3 is 20.3 Å². The minimum Gasteiger partial charge on any atom is -0.478 e. The number of ether oxygens (including phenoxy) is 1. The largest absolute Gasteiger partial charge is 0.478 e. The van der Waals surface area contributed by atoms with E-state index in [1.807, 2.05) is 24.3 Å². The zero-order chi connectivity index (χ0) is 25.9. The van der Waals surface area contributed by atoms with Crippen molar-refractivity contribution in [1.29, 1.82) is 0 Å². The Morgan fingerprint density at radius 2 is 1.87 bits per heavy atom. The molecule has 1 amide bonds. The maximum Gasteiger partial charge on any atom is 0.337 e. The van der Waals surface area contributed by atoms with Gasteiger partial charge in [-0.15, -0.1) is 12.4 Å². The molecule has 0 radical (unpaired) electrons. The van der Waals surface area contributed by atoms with Gasteiger partial charge in [-0.05, 0) is 72.4 Å². The number of rotatable bonds is 8. The number of benzene rings is 3. The van der Waals surface area contributed by atoms with Gasteiger partial charge in [0, 0.05) is 30.5 Å². The van der Waals surface area contributed by atoms with Gasteiger partial charge in [-0.3, -0.25) is 9.69 Å². The number of carboxylic acid groups (broad SMARTS) is 1. The Balaban J connectivity index is 0.00000336. The van der Waals surface area contributed by atoms with Gasteiger partial charge in [0.05, 0.1) is 17.4 Å². The molecule has 0 spiro atoms. The Hall–Kier alpha value is -3.10. The van der Waals surface area contributed by atoms with E-state index in [-0.39, 0.29) is 29.9 Å². The molecular weight excluding hydrogens is 527 g/mol. The summed E-state index contributed by atoms with van der Waals surface area (Å²) in [6, 6.07) is 20.0. The molecule has 1 unspecified atom stereocenters. The predicted octanol–water partition coefficient (Wildman–Crippen LogP) is 5.17. The van der Waals surface area contributed by atoms with Crippen LogP contribution < -0.4 is 15.0 Å². The number of hydrogen-bond acceptors (Lipinski definition) is 5. The number of halogens is 2. The van der Waals surface area contributed by atoms with E-state index < -0.39 is 18.3 Å². The van der Waals surface area contributed by atoms with Crippen LogP contribution in [0, 0.1) is 0 Å². The van der Waals surface area contributed by atoms with Crippen molar-refractivity contribution in [3.63, 3.8) is 0 Å². The van der Waals surface area contributed by atoms with Crippen molar-refractivity contribution in [2.45, 2.75) is 50.5 Å². The van der Waals surface area contributed by atoms with Gasteiger partial charge in [0.15, 0.2) is 6.23 Å². The van der Waals surface area contributed by atoms with Crippen LogP contribution in [0.4, 0.5) is 5.69 Å². The normalized spacial score (nSPS) is 19.4. The Kier molecular flexibility index (Phi) is 8.95. The Bertz CT molecular complexity index is 1320. The highest BCUT2D eigenvalue weighted by atomic mass is 35.5. The lowest BCUT2D eigenvalue weighted by Crippen LogP contribution is -2.38. The van der Waals surface area contributed by atoms with Crippen LogP contribution in [-0.4, -0.2) is 40.9 Å². The standard InChI is InChI=1S/C29H29ClN2O5.ClH/c30-21-5-3-4-19(14-21)26(33)17-31-22-10-8-18-9-11-23(16-20(18)15-22)37-28-13-12-27(34)32(28)25-7-2-1-6-24(25)29(35)36;/h1-7,9,11,14,16,22,26,28,31,33H,8,10,12-13,15,17H2,(H,35,36);1H/t22-,26+,28?;/m0./s1. The van der Waals surface area contributed by atoms with E-state index in [0.717, 1.165) is 24.8 Å². The number of aliphatic hydroxyl groups is 1. The molecule has 1 saturated heterocycles. The van der Waals surface area contributed by atoms with Crippen molar-refractivity contribution in [3.8, 4) is 5.75 Å². The number of carboxylic acids is 1. The van der Waals surface area contributed by atoms with Crippen LogP contribution in [0.15, 0.2) is 66.7 Å². The van der Waals surface area contributed by atoms with Crippen LogP contribution in [0.2, 0.25) is 5.02 Å². The van der Waals surface area contributed by atoms with Crippen molar-refractivity contribution < 1.29 is 24.5 Å². The number of aryl methyl sites for hydroxylation is 1. The number of fused-ring (bicyclic) bond motifs is 1. The van der Waals surface area contributed by atoms with Crippen LogP contribution in [0.1, 0.15) is 52.4 Å². The SMILES string of the molecule is Cl.O=C(O)c1ccccc1N1C(=O)CCC1Oc1ccc2c(c1)C[C@@H](NC[C@@H](O)c1cccc(Cl)c1)CC2. The van der Waals surface area contributed by atoms with Gasteiger partial charge in [-0.1, -0.05) is 41.9 Å². The number of nitrogens with one attached hydrogen (secondary N) is 1. The maximum atomic E-state index is 12.7. The van der Waals surface area contributed by atoms with Gasteiger partial charge >= 0.3 is 5.97 Å². The van der Waals surface area contributed by atoms with Crippen LogP contribution >= 0.6 is 24.0 Å². The highest BCUT2D eigenvalue weighted by Gasteiger charge is 2.36. The van der Waals surface area contributed by atoms with Crippen LogP contribution in [0.5, 0.6) is 5.75 Å². The zero-order valence-electron chi connectivity index (χ0n) is 20.7. The molecule has 2 aliphatic rings. The van der Waals surface area contributed by atoms with Crippen molar-refractivity contribution in [1.82, 2.24) is 5.32 Å².